The lowest BCUT2D eigenvalue weighted by Gasteiger charge is -2.16. The molecule has 2 fully saturated rings. The van der Waals surface area contributed by atoms with Crippen LogP contribution < -0.4 is 10.1 Å². The number of rotatable bonds is 5. The van der Waals surface area contributed by atoms with Crippen molar-refractivity contribution in [2.24, 2.45) is 13.0 Å². The van der Waals surface area contributed by atoms with Crippen LogP contribution in [-0.2, 0) is 11.8 Å². The van der Waals surface area contributed by atoms with E-state index in [1.807, 2.05) is 43.7 Å². The van der Waals surface area contributed by atoms with E-state index < -0.39 is 0 Å². The van der Waals surface area contributed by atoms with Crippen molar-refractivity contribution in [1.82, 2.24) is 9.78 Å². The summed E-state index contributed by atoms with van der Waals surface area (Å²) in [6.45, 7) is 0. The lowest BCUT2D eigenvalue weighted by Crippen LogP contribution is -2.17. The van der Waals surface area contributed by atoms with Gasteiger partial charge in [0.15, 0.2) is 0 Å². The van der Waals surface area contributed by atoms with Crippen molar-refractivity contribution in [3.63, 3.8) is 0 Å². The molecule has 2 saturated carbocycles. The highest BCUT2D eigenvalue weighted by Crippen LogP contribution is 2.48. The number of carbonyl (C=O) groups is 1. The molecule has 5 heteroatoms. The van der Waals surface area contributed by atoms with Crippen LogP contribution in [0.3, 0.4) is 0 Å². The second kappa shape index (κ2) is 6.30. The normalized spacial score (nSPS) is 23.2. The first kappa shape index (κ1) is 15.2. The van der Waals surface area contributed by atoms with E-state index in [1.165, 1.54) is 12.8 Å². The SMILES string of the molecule is Cn1cc([C@@H]2C[C@@H]2C(=O)Nc2ccccc2OC2CCCC2)cn1. The third kappa shape index (κ3) is 3.16. The summed E-state index contributed by atoms with van der Waals surface area (Å²) in [7, 11) is 1.90. The van der Waals surface area contributed by atoms with E-state index in [4.69, 9.17) is 4.74 Å². The Morgan fingerprint density at radius 2 is 2.08 bits per heavy atom. The smallest absolute Gasteiger partial charge is 0.228 e. The molecular formula is C19H23N3O2. The Morgan fingerprint density at radius 3 is 2.83 bits per heavy atom. The Balaban J connectivity index is 1.41. The van der Waals surface area contributed by atoms with Crippen LogP contribution in [0.4, 0.5) is 5.69 Å². The maximum atomic E-state index is 12.6. The number of amides is 1. The van der Waals surface area contributed by atoms with Gasteiger partial charge in [0.2, 0.25) is 5.91 Å². The van der Waals surface area contributed by atoms with Gasteiger partial charge in [-0.3, -0.25) is 9.48 Å². The van der Waals surface area contributed by atoms with Crippen LogP contribution in [0.2, 0.25) is 0 Å². The molecule has 0 radical (unpaired) electrons. The molecule has 0 bridgehead atoms. The predicted molar refractivity (Wildman–Crippen MR) is 92.0 cm³/mol. The summed E-state index contributed by atoms with van der Waals surface area (Å²) in [4.78, 5) is 12.6. The zero-order valence-electron chi connectivity index (χ0n) is 13.9. The van der Waals surface area contributed by atoms with Gasteiger partial charge in [-0.2, -0.15) is 5.10 Å². The number of nitrogens with one attached hydrogen (secondary N) is 1. The lowest BCUT2D eigenvalue weighted by molar-refractivity contribution is -0.117. The first-order valence-electron chi connectivity index (χ1n) is 8.76. The summed E-state index contributed by atoms with van der Waals surface area (Å²) in [6.07, 6.45) is 9.70. The van der Waals surface area contributed by atoms with Crippen molar-refractivity contribution in [3.05, 3.63) is 42.2 Å². The van der Waals surface area contributed by atoms with Gasteiger partial charge in [-0.15, -0.1) is 0 Å². The summed E-state index contributed by atoms with van der Waals surface area (Å²) in [5.41, 5.74) is 1.93. The quantitative estimate of drug-likeness (QED) is 0.915. The number of carbonyl (C=O) groups excluding carboxylic acids is 1. The fraction of sp³-hybridized carbons (Fsp3) is 0.474. The van der Waals surface area contributed by atoms with Gasteiger partial charge in [0, 0.05) is 19.2 Å². The number of nitrogens with zero attached hydrogens (tertiary/aromatic N) is 2. The van der Waals surface area contributed by atoms with Crippen molar-refractivity contribution < 1.29 is 9.53 Å². The van der Waals surface area contributed by atoms with E-state index in [1.54, 1.807) is 4.68 Å². The Bertz CT molecular complexity index is 734. The van der Waals surface area contributed by atoms with Crippen LogP contribution in [-0.4, -0.2) is 21.8 Å². The molecule has 1 N–H and O–H groups in total. The largest absolute Gasteiger partial charge is 0.488 e. The Morgan fingerprint density at radius 1 is 1.29 bits per heavy atom. The Hall–Kier alpha value is -2.30. The number of ether oxygens (including phenoxy) is 1. The highest BCUT2D eigenvalue weighted by Gasteiger charge is 2.44. The van der Waals surface area contributed by atoms with Gasteiger partial charge in [0.25, 0.3) is 0 Å². The lowest BCUT2D eigenvalue weighted by atomic mass is 10.2. The molecule has 1 amide bonds. The van der Waals surface area contributed by atoms with E-state index in [9.17, 15) is 4.79 Å². The number of anilines is 1. The number of aromatic nitrogens is 2. The van der Waals surface area contributed by atoms with Crippen LogP contribution >= 0.6 is 0 Å². The minimum Gasteiger partial charge on any atom is -0.488 e. The zero-order valence-corrected chi connectivity index (χ0v) is 13.9. The topological polar surface area (TPSA) is 56.2 Å². The summed E-state index contributed by atoms with van der Waals surface area (Å²) in [5.74, 6) is 1.19. The second-order valence-corrected chi connectivity index (χ2v) is 6.91. The van der Waals surface area contributed by atoms with E-state index in [0.717, 1.165) is 36.3 Å². The van der Waals surface area contributed by atoms with Crippen LogP contribution in [0.1, 0.15) is 43.6 Å². The molecule has 0 unspecified atom stereocenters. The average Bonchev–Trinajstić information content (AvgIpc) is 2.98. The highest BCUT2D eigenvalue weighted by molar-refractivity contribution is 5.96. The molecule has 1 aromatic carbocycles. The summed E-state index contributed by atoms with van der Waals surface area (Å²) < 4.78 is 7.88. The highest BCUT2D eigenvalue weighted by atomic mass is 16.5. The summed E-state index contributed by atoms with van der Waals surface area (Å²) >= 11 is 0. The van der Waals surface area contributed by atoms with Gasteiger partial charge in [0.05, 0.1) is 18.0 Å². The standard InChI is InChI=1S/C19H23N3O2/c1-22-12-13(11-20-22)15-10-16(15)19(23)21-17-8-4-5-9-18(17)24-14-6-2-3-7-14/h4-5,8-9,11-12,14-16H,2-3,6-7,10H2,1H3,(H,21,23)/t15-,16-/m0/s1. The molecule has 0 spiro atoms. The number of hydrogen-bond acceptors (Lipinski definition) is 3. The zero-order chi connectivity index (χ0) is 16.5. The first-order valence-corrected chi connectivity index (χ1v) is 8.76. The van der Waals surface area contributed by atoms with E-state index in [0.29, 0.717) is 5.92 Å². The van der Waals surface area contributed by atoms with Gasteiger partial charge >= 0.3 is 0 Å². The minimum absolute atomic E-state index is 0.0359. The summed E-state index contributed by atoms with van der Waals surface area (Å²) in [6, 6.07) is 7.75. The predicted octanol–water partition coefficient (Wildman–Crippen LogP) is 3.48. The fourth-order valence-electron chi connectivity index (χ4n) is 3.57. The molecule has 2 aliphatic rings. The van der Waals surface area contributed by atoms with Crippen molar-refractivity contribution in [2.45, 2.75) is 44.1 Å². The van der Waals surface area contributed by atoms with Gasteiger partial charge in [-0.25, -0.2) is 0 Å². The fourth-order valence-corrected chi connectivity index (χ4v) is 3.57. The first-order chi connectivity index (χ1) is 11.7. The molecule has 2 aromatic rings. The average molecular weight is 325 g/mol. The molecule has 5 nitrogen and oxygen atoms in total. The molecule has 1 heterocycles. The molecule has 4 rings (SSSR count). The van der Waals surface area contributed by atoms with Crippen molar-refractivity contribution >= 4 is 11.6 Å². The van der Waals surface area contributed by atoms with Crippen LogP contribution in [0.15, 0.2) is 36.7 Å². The summed E-state index contributed by atoms with van der Waals surface area (Å²) in [5, 5.41) is 7.25. The monoisotopic (exact) mass is 325 g/mol. The van der Waals surface area contributed by atoms with Crippen molar-refractivity contribution in [3.8, 4) is 5.75 Å². The molecule has 24 heavy (non-hydrogen) atoms. The van der Waals surface area contributed by atoms with Gasteiger partial charge in [0.1, 0.15) is 5.75 Å². The Kier molecular flexibility index (Phi) is 4.00. The van der Waals surface area contributed by atoms with E-state index in [-0.39, 0.29) is 17.9 Å². The number of para-hydroxylation sites is 2. The number of hydrogen-bond donors (Lipinski definition) is 1. The van der Waals surface area contributed by atoms with E-state index >= 15 is 0 Å². The number of benzene rings is 1. The van der Waals surface area contributed by atoms with Crippen molar-refractivity contribution in [1.29, 1.82) is 0 Å². The van der Waals surface area contributed by atoms with Crippen LogP contribution in [0.25, 0.3) is 0 Å². The molecule has 126 valence electrons. The Labute approximate surface area is 142 Å². The second-order valence-electron chi connectivity index (χ2n) is 6.91. The van der Waals surface area contributed by atoms with Crippen molar-refractivity contribution in [2.75, 3.05) is 5.32 Å². The maximum Gasteiger partial charge on any atom is 0.228 e. The van der Waals surface area contributed by atoms with Gasteiger partial charge < -0.3 is 10.1 Å². The third-order valence-corrected chi connectivity index (χ3v) is 5.02. The van der Waals surface area contributed by atoms with Gasteiger partial charge in [-0.1, -0.05) is 12.1 Å². The van der Waals surface area contributed by atoms with Gasteiger partial charge in [-0.05, 0) is 55.7 Å². The molecule has 0 saturated heterocycles. The van der Waals surface area contributed by atoms with E-state index in [2.05, 4.69) is 10.4 Å². The molecule has 2 atom stereocenters. The minimum atomic E-state index is 0.0359. The van der Waals surface area contributed by atoms with Crippen LogP contribution in [0.5, 0.6) is 5.75 Å². The maximum absolute atomic E-state index is 12.6. The molecular weight excluding hydrogens is 302 g/mol. The third-order valence-electron chi connectivity index (χ3n) is 5.02. The van der Waals surface area contributed by atoms with Crippen LogP contribution in [0, 0.1) is 5.92 Å². The molecule has 2 aliphatic carbocycles. The molecule has 1 aromatic heterocycles. The molecule has 0 aliphatic heterocycles. The number of aryl methyl sites for hydroxylation is 1.